The van der Waals surface area contributed by atoms with Crippen molar-refractivity contribution in [2.45, 2.75) is 4.90 Å². The van der Waals surface area contributed by atoms with Crippen LogP contribution in [0.25, 0.3) is 0 Å². The highest BCUT2D eigenvalue weighted by molar-refractivity contribution is 7.89. The summed E-state index contributed by atoms with van der Waals surface area (Å²) in [5.41, 5.74) is 0.186. The van der Waals surface area contributed by atoms with Crippen molar-refractivity contribution in [2.75, 3.05) is 13.1 Å². The minimum absolute atomic E-state index is 0.0400. The molecule has 0 atom stereocenters. The average molecular weight is 322 g/mol. The van der Waals surface area contributed by atoms with Crippen molar-refractivity contribution in [3.8, 4) is 0 Å². The fraction of sp³-hybridized carbons (Fsp3) is 0.133. The normalized spacial score (nSPS) is 11.1. The van der Waals surface area contributed by atoms with E-state index in [1.165, 1.54) is 30.3 Å². The third-order valence-corrected chi connectivity index (χ3v) is 4.32. The van der Waals surface area contributed by atoms with E-state index >= 15 is 0 Å². The number of benzene rings is 2. The van der Waals surface area contributed by atoms with Gasteiger partial charge in [-0.3, -0.25) is 4.79 Å². The molecule has 2 rings (SSSR count). The SMILES string of the molecule is O=C(NCCNS(=O)(=O)c1ccccc1)c1cccc(F)c1. The number of rotatable bonds is 6. The van der Waals surface area contributed by atoms with E-state index in [2.05, 4.69) is 10.0 Å². The monoisotopic (exact) mass is 322 g/mol. The lowest BCUT2D eigenvalue weighted by atomic mass is 10.2. The van der Waals surface area contributed by atoms with Gasteiger partial charge < -0.3 is 5.32 Å². The Morgan fingerprint density at radius 1 is 1.00 bits per heavy atom. The number of halogens is 1. The van der Waals surface area contributed by atoms with Crippen LogP contribution in [0.2, 0.25) is 0 Å². The number of carbonyl (C=O) groups is 1. The summed E-state index contributed by atoms with van der Waals surface area (Å²) in [6, 6.07) is 13.2. The summed E-state index contributed by atoms with van der Waals surface area (Å²) in [6.07, 6.45) is 0. The summed E-state index contributed by atoms with van der Waals surface area (Å²) < 4.78 is 39.2. The largest absolute Gasteiger partial charge is 0.351 e. The predicted molar refractivity (Wildman–Crippen MR) is 80.4 cm³/mol. The molecule has 0 bridgehead atoms. The smallest absolute Gasteiger partial charge is 0.251 e. The maximum absolute atomic E-state index is 13.0. The van der Waals surface area contributed by atoms with E-state index in [1.54, 1.807) is 18.2 Å². The van der Waals surface area contributed by atoms with Gasteiger partial charge in [-0.25, -0.2) is 17.5 Å². The van der Waals surface area contributed by atoms with Gasteiger partial charge in [0.25, 0.3) is 5.91 Å². The zero-order valence-electron chi connectivity index (χ0n) is 11.6. The van der Waals surface area contributed by atoms with Gasteiger partial charge in [0.05, 0.1) is 4.90 Å². The van der Waals surface area contributed by atoms with E-state index < -0.39 is 21.7 Å². The van der Waals surface area contributed by atoms with Gasteiger partial charge in [0.2, 0.25) is 10.0 Å². The quantitative estimate of drug-likeness (QED) is 0.792. The second-order valence-corrected chi connectivity index (χ2v) is 6.24. The minimum Gasteiger partial charge on any atom is -0.351 e. The van der Waals surface area contributed by atoms with Crippen molar-refractivity contribution < 1.29 is 17.6 Å². The lowest BCUT2D eigenvalue weighted by Gasteiger charge is -2.08. The number of amides is 1. The molecule has 5 nitrogen and oxygen atoms in total. The Hall–Kier alpha value is -2.25. The van der Waals surface area contributed by atoms with Crippen LogP contribution in [0.15, 0.2) is 59.5 Å². The van der Waals surface area contributed by atoms with Gasteiger partial charge in [0.15, 0.2) is 0 Å². The predicted octanol–water partition coefficient (Wildman–Crippen LogP) is 1.53. The van der Waals surface area contributed by atoms with Crippen LogP contribution in [0.3, 0.4) is 0 Å². The van der Waals surface area contributed by atoms with Crippen molar-refractivity contribution >= 4 is 15.9 Å². The number of hydrogen-bond donors (Lipinski definition) is 2. The van der Waals surface area contributed by atoms with E-state index in [0.717, 1.165) is 6.07 Å². The second kappa shape index (κ2) is 7.15. The topological polar surface area (TPSA) is 75.3 Å². The van der Waals surface area contributed by atoms with Crippen molar-refractivity contribution in [3.05, 3.63) is 66.0 Å². The molecule has 7 heteroatoms. The first kappa shape index (κ1) is 16.1. The van der Waals surface area contributed by atoms with Crippen LogP contribution in [0.5, 0.6) is 0 Å². The van der Waals surface area contributed by atoms with Crippen LogP contribution in [0.4, 0.5) is 4.39 Å². The van der Waals surface area contributed by atoms with E-state index in [1.807, 2.05) is 0 Å². The molecule has 0 aromatic heterocycles. The summed E-state index contributed by atoms with van der Waals surface area (Å²) in [4.78, 5) is 11.9. The molecule has 2 aromatic rings. The molecule has 0 heterocycles. The first-order valence-corrected chi connectivity index (χ1v) is 8.06. The summed E-state index contributed by atoms with van der Waals surface area (Å²) in [5, 5.41) is 2.52. The molecule has 0 aliphatic heterocycles. The Morgan fingerprint density at radius 3 is 2.41 bits per heavy atom. The Bertz CT molecular complexity index is 748. The Morgan fingerprint density at radius 2 is 1.73 bits per heavy atom. The molecule has 0 aliphatic rings. The summed E-state index contributed by atoms with van der Waals surface area (Å²) >= 11 is 0. The van der Waals surface area contributed by atoms with Gasteiger partial charge in [0.1, 0.15) is 5.82 Å². The maximum atomic E-state index is 13.0. The highest BCUT2D eigenvalue weighted by Gasteiger charge is 2.12. The molecule has 1 amide bonds. The van der Waals surface area contributed by atoms with Gasteiger partial charge in [-0.05, 0) is 30.3 Å². The first-order chi connectivity index (χ1) is 10.5. The third-order valence-electron chi connectivity index (χ3n) is 2.84. The summed E-state index contributed by atoms with van der Waals surface area (Å²) in [6.45, 7) is 0.139. The van der Waals surface area contributed by atoms with Crippen molar-refractivity contribution in [1.29, 1.82) is 0 Å². The van der Waals surface area contributed by atoms with E-state index in [9.17, 15) is 17.6 Å². The number of nitrogens with one attached hydrogen (secondary N) is 2. The van der Waals surface area contributed by atoms with Gasteiger partial charge in [-0.2, -0.15) is 0 Å². The number of hydrogen-bond acceptors (Lipinski definition) is 3. The molecule has 0 unspecified atom stereocenters. The van der Waals surface area contributed by atoms with E-state index in [-0.39, 0.29) is 23.5 Å². The minimum atomic E-state index is -3.59. The fourth-order valence-corrected chi connectivity index (χ4v) is 2.83. The second-order valence-electron chi connectivity index (χ2n) is 4.48. The van der Waals surface area contributed by atoms with Crippen LogP contribution < -0.4 is 10.0 Å². The molecule has 0 spiro atoms. The Labute approximate surface area is 128 Å². The molecule has 0 radical (unpaired) electrons. The molecule has 0 saturated heterocycles. The zero-order valence-corrected chi connectivity index (χ0v) is 12.4. The molecule has 0 aliphatic carbocycles. The lowest BCUT2D eigenvalue weighted by molar-refractivity contribution is 0.0954. The Balaban J connectivity index is 1.83. The molecule has 2 aromatic carbocycles. The fourth-order valence-electron chi connectivity index (χ4n) is 1.78. The molecular weight excluding hydrogens is 307 g/mol. The van der Waals surface area contributed by atoms with Crippen molar-refractivity contribution in [1.82, 2.24) is 10.0 Å². The summed E-state index contributed by atoms with van der Waals surface area (Å²) in [7, 11) is -3.59. The number of sulfonamides is 1. The van der Waals surface area contributed by atoms with Gasteiger partial charge >= 0.3 is 0 Å². The average Bonchev–Trinajstić information content (AvgIpc) is 2.52. The van der Waals surface area contributed by atoms with Crippen LogP contribution in [0, 0.1) is 5.82 Å². The van der Waals surface area contributed by atoms with Gasteiger partial charge in [-0.1, -0.05) is 24.3 Å². The standard InChI is InChI=1S/C15H15FN2O3S/c16-13-6-4-5-12(11-13)15(19)17-9-10-18-22(20,21)14-7-2-1-3-8-14/h1-8,11,18H,9-10H2,(H,17,19). The van der Waals surface area contributed by atoms with Crippen molar-refractivity contribution in [2.24, 2.45) is 0 Å². The molecule has 2 N–H and O–H groups in total. The molecule has 0 saturated carbocycles. The third kappa shape index (κ3) is 4.37. The first-order valence-electron chi connectivity index (χ1n) is 6.57. The molecule has 0 fully saturated rings. The Kier molecular flexibility index (Phi) is 5.24. The van der Waals surface area contributed by atoms with Crippen LogP contribution >= 0.6 is 0 Å². The molecule has 22 heavy (non-hydrogen) atoms. The van der Waals surface area contributed by atoms with Crippen LogP contribution in [-0.2, 0) is 10.0 Å². The zero-order chi connectivity index (χ0) is 16.0. The van der Waals surface area contributed by atoms with Crippen LogP contribution in [0.1, 0.15) is 10.4 Å². The summed E-state index contributed by atoms with van der Waals surface area (Å²) in [5.74, 6) is -0.962. The highest BCUT2D eigenvalue weighted by Crippen LogP contribution is 2.06. The molecule has 116 valence electrons. The van der Waals surface area contributed by atoms with Gasteiger partial charge in [0, 0.05) is 18.7 Å². The van der Waals surface area contributed by atoms with E-state index in [0.29, 0.717) is 0 Å². The van der Waals surface area contributed by atoms with Crippen molar-refractivity contribution in [3.63, 3.8) is 0 Å². The number of carbonyl (C=O) groups excluding carboxylic acids is 1. The van der Waals surface area contributed by atoms with Crippen LogP contribution in [-0.4, -0.2) is 27.4 Å². The molecular formula is C15H15FN2O3S. The maximum Gasteiger partial charge on any atom is 0.251 e. The lowest BCUT2D eigenvalue weighted by Crippen LogP contribution is -2.34. The highest BCUT2D eigenvalue weighted by atomic mass is 32.2. The van der Waals surface area contributed by atoms with E-state index in [4.69, 9.17) is 0 Å². The van der Waals surface area contributed by atoms with Gasteiger partial charge in [-0.15, -0.1) is 0 Å².